The third-order valence-corrected chi connectivity index (χ3v) is 4.16. The molecule has 21 heavy (non-hydrogen) atoms. The monoisotopic (exact) mass is 304 g/mol. The van der Waals surface area contributed by atoms with Crippen molar-refractivity contribution < 1.29 is 9.90 Å². The summed E-state index contributed by atoms with van der Waals surface area (Å²) in [5.74, 6) is -0.694. The zero-order chi connectivity index (χ0) is 14.8. The van der Waals surface area contributed by atoms with Crippen molar-refractivity contribution >= 4 is 17.6 Å². The lowest BCUT2D eigenvalue weighted by Gasteiger charge is -2.03. The Balaban J connectivity index is 1.71. The van der Waals surface area contributed by atoms with Gasteiger partial charge in [-0.05, 0) is 31.2 Å². The first-order valence-corrected chi connectivity index (χ1v) is 7.58. The quantitative estimate of drug-likeness (QED) is 0.884. The summed E-state index contributed by atoms with van der Waals surface area (Å²) in [7, 11) is 0. The predicted molar refractivity (Wildman–Crippen MR) is 80.9 cm³/mol. The van der Waals surface area contributed by atoms with Crippen molar-refractivity contribution in [2.24, 2.45) is 0 Å². The van der Waals surface area contributed by atoms with Crippen molar-refractivity contribution in [2.45, 2.75) is 38.1 Å². The van der Waals surface area contributed by atoms with Gasteiger partial charge in [-0.25, -0.2) is 4.79 Å². The predicted octanol–water partition coefficient (Wildman–Crippen LogP) is 3.74. The topological polar surface area (TPSA) is 55.1 Å². The molecular weight excluding hydrogens is 288 g/mol. The number of benzene rings is 1. The van der Waals surface area contributed by atoms with Gasteiger partial charge in [0, 0.05) is 12.5 Å². The fraction of sp³-hybridized carbons (Fsp3) is 0.375. The summed E-state index contributed by atoms with van der Waals surface area (Å²) in [4.78, 5) is 11.3. The molecule has 0 radical (unpaired) electrons. The first-order chi connectivity index (χ1) is 10.2. The molecule has 110 valence electrons. The van der Waals surface area contributed by atoms with Gasteiger partial charge in [-0.3, -0.25) is 4.68 Å². The number of carboxylic acid groups (broad SMARTS) is 1. The SMILES string of the molecule is O=C(O)c1c(C2CC2)nn(CCCc2ccccc2)c1Cl. The van der Waals surface area contributed by atoms with Crippen molar-refractivity contribution in [3.8, 4) is 0 Å². The van der Waals surface area contributed by atoms with Gasteiger partial charge in [0.15, 0.2) is 0 Å². The first kappa shape index (κ1) is 14.1. The van der Waals surface area contributed by atoms with E-state index in [-0.39, 0.29) is 16.6 Å². The third kappa shape index (κ3) is 3.10. The van der Waals surface area contributed by atoms with Gasteiger partial charge in [0.05, 0.1) is 5.69 Å². The van der Waals surface area contributed by atoms with Gasteiger partial charge in [-0.1, -0.05) is 41.9 Å². The van der Waals surface area contributed by atoms with Crippen molar-refractivity contribution in [1.29, 1.82) is 0 Å². The van der Waals surface area contributed by atoms with E-state index in [1.54, 1.807) is 4.68 Å². The molecule has 1 aromatic carbocycles. The lowest BCUT2D eigenvalue weighted by molar-refractivity contribution is 0.0695. The number of carboxylic acids is 1. The molecule has 0 aliphatic heterocycles. The van der Waals surface area contributed by atoms with Crippen LogP contribution in [0.1, 0.15) is 46.8 Å². The van der Waals surface area contributed by atoms with Crippen LogP contribution >= 0.6 is 11.6 Å². The molecule has 1 saturated carbocycles. The summed E-state index contributed by atoms with van der Waals surface area (Å²) in [5, 5.41) is 14.0. The number of aromatic nitrogens is 2. The van der Waals surface area contributed by atoms with Crippen LogP contribution in [0.3, 0.4) is 0 Å². The number of nitrogens with zero attached hydrogens (tertiary/aromatic N) is 2. The molecule has 0 unspecified atom stereocenters. The molecule has 0 atom stereocenters. The highest BCUT2D eigenvalue weighted by molar-refractivity contribution is 6.32. The maximum absolute atomic E-state index is 11.3. The second-order valence-corrected chi connectivity index (χ2v) is 5.80. The minimum Gasteiger partial charge on any atom is -0.478 e. The number of halogens is 1. The van der Waals surface area contributed by atoms with E-state index in [0.717, 1.165) is 25.7 Å². The average molecular weight is 305 g/mol. The maximum Gasteiger partial charge on any atom is 0.340 e. The maximum atomic E-state index is 11.3. The molecule has 0 spiro atoms. The molecule has 0 amide bonds. The molecule has 2 aromatic rings. The molecule has 1 aliphatic carbocycles. The summed E-state index contributed by atoms with van der Waals surface area (Å²) in [6.07, 6.45) is 3.84. The summed E-state index contributed by atoms with van der Waals surface area (Å²) in [6.45, 7) is 0.640. The Morgan fingerprint density at radius 2 is 2.05 bits per heavy atom. The Labute approximate surface area is 128 Å². The zero-order valence-electron chi connectivity index (χ0n) is 11.6. The standard InChI is InChI=1S/C16H17ClN2O2/c17-15-13(16(20)21)14(12-8-9-12)18-19(15)10-4-7-11-5-2-1-3-6-11/h1-3,5-6,12H,4,7-10H2,(H,20,21). The summed E-state index contributed by atoms with van der Waals surface area (Å²) in [5.41, 5.74) is 2.12. The second kappa shape index (κ2) is 5.90. The van der Waals surface area contributed by atoms with Gasteiger partial charge in [-0.15, -0.1) is 0 Å². The highest BCUT2D eigenvalue weighted by Crippen LogP contribution is 2.42. The smallest absolute Gasteiger partial charge is 0.340 e. The second-order valence-electron chi connectivity index (χ2n) is 5.44. The van der Waals surface area contributed by atoms with E-state index < -0.39 is 5.97 Å². The minimum absolute atomic E-state index is 0.193. The van der Waals surface area contributed by atoms with Gasteiger partial charge < -0.3 is 5.11 Å². The van der Waals surface area contributed by atoms with E-state index in [1.807, 2.05) is 18.2 Å². The van der Waals surface area contributed by atoms with Crippen LogP contribution in [0.5, 0.6) is 0 Å². The lowest BCUT2D eigenvalue weighted by Crippen LogP contribution is -2.03. The normalized spacial score (nSPS) is 14.3. The summed E-state index contributed by atoms with van der Waals surface area (Å²) >= 11 is 6.20. The number of hydrogen-bond donors (Lipinski definition) is 1. The molecule has 1 heterocycles. The fourth-order valence-corrected chi connectivity index (χ4v) is 2.82. The van der Waals surface area contributed by atoms with Crippen molar-refractivity contribution in [3.05, 3.63) is 52.3 Å². The number of aromatic carboxylic acids is 1. The molecular formula is C16H17ClN2O2. The third-order valence-electron chi connectivity index (χ3n) is 3.77. The minimum atomic E-state index is -0.976. The van der Waals surface area contributed by atoms with Crippen LogP contribution in [-0.4, -0.2) is 20.9 Å². The number of rotatable bonds is 6. The lowest BCUT2D eigenvalue weighted by atomic mass is 10.1. The van der Waals surface area contributed by atoms with Crippen LogP contribution in [0.4, 0.5) is 0 Å². The van der Waals surface area contributed by atoms with Crippen molar-refractivity contribution in [2.75, 3.05) is 0 Å². The Bertz CT molecular complexity index is 648. The Morgan fingerprint density at radius 3 is 2.67 bits per heavy atom. The van der Waals surface area contributed by atoms with E-state index in [4.69, 9.17) is 11.6 Å². The molecule has 5 heteroatoms. The molecule has 1 aliphatic rings. The van der Waals surface area contributed by atoms with Crippen molar-refractivity contribution in [3.63, 3.8) is 0 Å². The highest BCUT2D eigenvalue weighted by atomic mass is 35.5. The molecule has 3 rings (SSSR count). The Hall–Kier alpha value is -1.81. The van der Waals surface area contributed by atoms with Crippen molar-refractivity contribution in [1.82, 2.24) is 9.78 Å². The summed E-state index contributed by atoms with van der Waals surface area (Å²) < 4.78 is 1.64. The molecule has 0 saturated heterocycles. The largest absolute Gasteiger partial charge is 0.478 e. The van der Waals surface area contributed by atoms with E-state index in [2.05, 4.69) is 17.2 Å². The highest BCUT2D eigenvalue weighted by Gasteiger charge is 2.34. The van der Waals surface area contributed by atoms with Crippen LogP contribution < -0.4 is 0 Å². The van der Waals surface area contributed by atoms with Gasteiger partial charge in [0.25, 0.3) is 0 Å². The molecule has 4 nitrogen and oxygen atoms in total. The zero-order valence-corrected chi connectivity index (χ0v) is 12.4. The van der Waals surface area contributed by atoms with Crippen LogP contribution in [0.2, 0.25) is 5.15 Å². The number of carbonyl (C=O) groups is 1. The fourth-order valence-electron chi connectivity index (χ4n) is 2.52. The van der Waals surface area contributed by atoms with Crippen LogP contribution in [0.15, 0.2) is 30.3 Å². The van der Waals surface area contributed by atoms with E-state index in [9.17, 15) is 9.90 Å². The number of aryl methyl sites for hydroxylation is 2. The number of hydrogen-bond acceptors (Lipinski definition) is 2. The van der Waals surface area contributed by atoms with Gasteiger partial charge in [0.2, 0.25) is 0 Å². The van der Waals surface area contributed by atoms with Gasteiger partial charge in [-0.2, -0.15) is 5.10 Å². The Morgan fingerprint density at radius 1 is 1.33 bits per heavy atom. The van der Waals surface area contributed by atoms with E-state index >= 15 is 0 Å². The van der Waals surface area contributed by atoms with Crippen LogP contribution in [-0.2, 0) is 13.0 Å². The first-order valence-electron chi connectivity index (χ1n) is 7.20. The summed E-state index contributed by atoms with van der Waals surface area (Å²) in [6, 6.07) is 10.2. The Kier molecular flexibility index (Phi) is 3.97. The molecule has 0 bridgehead atoms. The van der Waals surface area contributed by atoms with E-state index in [0.29, 0.717) is 12.2 Å². The van der Waals surface area contributed by atoms with Gasteiger partial charge >= 0.3 is 5.97 Å². The van der Waals surface area contributed by atoms with E-state index in [1.165, 1.54) is 5.56 Å². The molecule has 1 aromatic heterocycles. The molecule has 1 N–H and O–H groups in total. The average Bonchev–Trinajstić information content (AvgIpc) is 3.25. The molecule has 1 fully saturated rings. The van der Waals surface area contributed by atoms with Crippen LogP contribution in [0.25, 0.3) is 0 Å². The van der Waals surface area contributed by atoms with Crippen LogP contribution in [0, 0.1) is 0 Å². The van der Waals surface area contributed by atoms with Gasteiger partial charge in [0.1, 0.15) is 10.7 Å².